The lowest BCUT2D eigenvalue weighted by molar-refractivity contribution is -0.119. The third kappa shape index (κ3) is 6.88. The highest BCUT2D eigenvalue weighted by Crippen LogP contribution is 2.00. The molecular weight excluding hydrogens is 258 g/mol. The van der Waals surface area contributed by atoms with Crippen LogP contribution in [0.4, 0.5) is 0 Å². The van der Waals surface area contributed by atoms with E-state index < -0.39 is 0 Å². The van der Waals surface area contributed by atoms with Crippen molar-refractivity contribution in [1.82, 2.24) is 14.7 Å². The van der Waals surface area contributed by atoms with Gasteiger partial charge in [-0.2, -0.15) is 0 Å². The maximum atomic E-state index is 11.3. The number of Topliss-reactive ketones (excluding diaryl/α,β-unsaturated/α-hetero) is 2. The number of carbonyl (C=O) groups is 3. The normalized spacial score (nSPS) is 19.9. The Labute approximate surface area is 120 Å². The van der Waals surface area contributed by atoms with Gasteiger partial charge in [-0.3, -0.25) is 24.3 Å². The average Bonchev–Trinajstić information content (AvgIpc) is 2.43. The molecule has 1 saturated heterocycles. The molecular formula is C14H25N3O3. The minimum atomic E-state index is 0.143. The minimum absolute atomic E-state index is 0.143. The Morgan fingerprint density at radius 1 is 0.800 bits per heavy atom. The molecule has 1 heterocycles. The molecule has 1 rings (SSSR count). The van der Waals surface area contributed by atoms with E-state index in [4.69, 9.17) is 0 Å². The summed E-state index contributed by atoms with van der Waals surface area (Å²) in [5.74, 6) is 0.286. The zero-order valence-electron chi connectivity index (χ0n) is 12.5. The summed E-state index contributed by atoms with van der Waals surface area (Å²) in [5.41, 5.74) is 0. The summed E-state index contributed by atoms with van der Waals surface area (Å²) < 4.78 is 0. The zero-order chi connectivity index (χ0) is 15.0. The average molecular weight is 283 g/mol. The van der Waals surface area contributed by atoms with E-state index in [0.717, 1.165) is 45.6 Å². The largest absolute Gasteiger partial charge is 0.302 e. The second kappa shape index (κ2) is 8.94. The molecule has 1 aliphatic rings. The van der Waals surface area contributed by atoms with Gasteiger partial charge in [0.25, 0.3) is 0 Å². The fourth-order valence-corrected chi connectivity index (χ4v) is 2.42. The first-order valence-corrected chi connectivity index (χ1v) is 7.11. The fourth-order valence-electron chi connectivity index (χ4n) is 2.42. The molecule has 0 radical (unpaired) electrons. The molecule has 0 amide bonds. The van der Waals surface area contributed by atoms with E-state index in [1.165, 1.54) is 0 Å². The molecule has 0 aliphatic carbocycles. The number of rotatable bonds is 6. The molecule has 0 aromatic carbocycles. The van der Waals surface area contributed by atoms with Crippen molar-refractivity contribution < 1.29 is 14.4 Å². The van der Waals surface area contributed by atoms with Crippen molar-refractivity contribution in [3.8, 4) is 0 Å². The van der Waals surface area contributed by atoms with E-state index in [1.54, 1.807) is 13.8 Å². The van der Waals surface area contributed by atoms with Crippen LogP contribution in [0.25, 0.3) is 0 Å². The van der Waals surface area contributed by atoms with Crippen LogP contribution in [0.2, 0.25) is 0 Å². The molecule has 0 atom stereocenters. The number of hydrogen-bond acceptors (Lipinski definition) is 6. The summed E-state index contributed by atoms with van der Waals surface area (Å²) in [6.45, 7) is 9.12. The molecule has 0 aromatic rings. The van der Waals surface area contributed by atoms with Crippen LogP contribution in [0, 0.1) is 0 Å². The Morgan fingerprint density at radius 3 is 1.45 bits per heavy atom. The van der Waals surface area contributed by atoms with Gasteiger partial charge in [0.2, 0.25) is 0 Å². The maximum Gasteiger partial charge on any atom is 0.143 e. The lowest BCUT2D eigenvalue weighted by atomic mass is 10.3. The molecule has 114 valence electrons. The van der Waals surface area contributed by atoms with Crippen molar-refractivity contribution in [2.75, 3.05) is 58.9 Å². The van der Waals surface area contributed by atoms with Gasteiger partial charge < -0.3 is 4.79 Å². The van der Waals surface area contributed by atoms with Gasteiger partial charge in [-0.05, 0) is 13.8 Å². The Hall–Kier alpha value is -1.11. The zero-order valence-corrected chi connectivity index (χ0v) is 12.5. The summed E-state index contributed by atoms with van der Waals surface area (Å²) in [5, 5.41) is 0. The SMILES string of the molecule is CC(=O)CN1CCN(CC=O)CCN(CC(C)=O)CC1. The molecule has 0 spiro atoms. The molecule has 0 N–H and O–H groups in total. The van der Waals surface area contributed by atoms with Gasteiger partial charge in [0.1, 0.15) is 17.9 Å². The smallest absolute Gasteiger partial charge is 0.143 e. The number of carbonyl (C=O) groups excluding carboxylic acids is 3. The molecule has 0 aromatic heterocycles. The van der Waals surface area contributed by atoms with Gasteiger partial charge in [0.15, 0.2) is 0 Å². The fraction of sp³-hybridized carbons (Fsp3) is 0.786. The lowest BCUT2D eigenvalue weighted by Crippen LogP contribution is -2.39. The Morgan fingerprint density at radius 2 is 1.15 bits per heavy atom. The highest BCUT2D eigenvalue weighted by atomic mass is 16.1. The number of nitrogens with zero attached hydrogens (tertiary/aromatic N) is 3. The van der Waals surface area contributed by atoms with Crippen molar-refractivity contribution in [2.24, 2.45) is 0 Å². The molecule has 20 heavy (non-hydrogen) atoms. The number of aldehydes is 1. The molecule has 6 heteroatoms. The molecule has 1 aliphatic heterocycles. The Bertz CT molecular complexity index is 319. The maximum absolute atomic E-state index is 11.3. The number of ketones is 2. The van der Waals surface area contributed by atoms with Crippen LogP contribution in [-0.2, 0) is 14.4 Å². The van der Waals surface area contributed by atoms with Crippen molar-refractivity contribution in [3.63, 3.8) is 0 Å². The van der Waals surface area contributed by atoms with E-state index in [2.05, 4.69) is 14.7 Å². The van der Waals surface area contributed by atoms with Crippen LogP contribution in [0.1, 0.15) is 13.8 Å². The summed E-state index contributed by atoms with van der Waals surface area (Å²) in [6, 6.07) is 0. The summed E-state index contributed by atoms with van der Waals surface area (Å²) in [7, 11) is 0. The first kappa shape index (κ1) is 16.9. The van der Waals surface area contributed by atoms with Gasteiger partial charge in [-0.1, -0.05) is 0 Å². The van der Waals surface area contributed by atoms with Crippen molar-refractivity contribution in [2.45, 2.75) is 13.8 Å². The highest BCUT2D eigenvalue weighted by Gasteiger charge is 2.17. The van der Waals surface area contributed by atoms with Crippen molar-refractivity contribution in [1.29, 1.82) is 0 Å². The topological polar surface area (TPSA) is 60.9 Å². The predicted molar refractivity (Wildman–Crippen MR) is 76.7 cm³/mol. The Kier molecular flexibility index (Phi) is 7.58. The Balaban J connectivity index is 2.64. The standard InChI is InChI=1S/C14H25N3O3/c1-13(19)11-16-5-3-15(9-10-18)4-6-17(8-7-16)12-14(2)20/h10H,3-9,11-12H2,1-2H3. The van der Waals surface area contributed by atoms with Gasteiger partial charge in [-0.15, -0.1) is 0 Å². The highest BCUT2D eigenvalue weighted by molar-refractivity contribution is 5.78. The van der Waals surface area contributed by atoms with Crippen LogP contribution in [0.15, 0.2) is 0 Å². The van der Waals surface area contributed by atoms with Gasteiger partial charge in [0.05, 0.1) is 19.6 Å². The van der Waals surface area contributed by atoms with Crippen LogP contribution >= 0.6 is 0 Å². The predicted octanol–water partition coefficient (Wildman–Crippen LogP) is -0.717. The third-order valence-corrected chi connectivity index (χ3v) is 3.42. The summed E-state index contributed by atoms with van der Waals surface area (Å²) >= 11 is 0. The van der Waals surface area contributed by atoms with E-state index in [1.807, 2.05) is 0 Å². The van der Waals surface area contributed by atoms with E-state index in [9.17, 15) is 14.4 Å². The summed E-state index contributed by atoms with van der Waals surface area (Å²) in [6.07, 6.45) is 0.905. The summed E-state index contributed by atoms with van der Waals surface area (Å²) in [4.78, 5) is 39.5. The van der Waals surface area contributed by atoms with Gasteiger partial charge >= 0.3 is 0 Å². The second-order valence-electron chi connectivity index (χ2n) is 5.42. The second-order valence-corrected chi connectivity index (χ2v) is 5.42. The van der Waals surface area contributed by atoms with Crippen molar-refractivity contribution >= 4 is 17.9 Å². The molecule has 0 unspecified atom stereocenters. The van der Waals surface area contributed by atoms with Gasteiger partial charge in [-0.25, -0.2) is 0 Å². The van der Waals surface area contributed by atoms with Crippen LogP contribution in [0.5, 0.6) is 0 Å². The molecule has 1 fully saturated rings. The first-order valence-electron chi connectivity index (χ1n) is 7.11. The van der Waals surface area contributed by atoms with E-state index >= 15 is 0 Å². The van der Waals surface area contributed by atoms with Crippen molar-refractivity contribution in [3.05, 3.63) is 0 Å². The van der Waals surface area contributed by atoms with E-state index in [0.29, 0.717) is 19.6 Å². The minimum Gasteiger partial charge on any atom is -0.302 e. The lowest BCUT2D eigenvalue weighted by Gasteiger charge is -2.24. The first-order chi connectivity index (χ1) is 9.51. The van der Waals surface area contributed by atoms with Crippen LogP contribution in [-0.4, -0.2) is 91.5 Å². The van der Waals surface area contributed by atoms with Crippen LogP contribution in [0.3, 0.4) is 0 Å². The molecule has 0 bridgehead atoms. The van der Waals surface area contributed by atoms with Crippen LogP contribution < -0.4 is 0 Å². The molecule has 6 nitrogen and oxygen atoms in total. The monoisotopic (exact) mass is 283 g/mol. The van der Waals surface area contributed by atoms with Gasteiger partial charge in [0, 0.05) is 39.3 Å². The quantitative estimate of drug-likeness (QED) is 0.600. The number of hydrogen-bond donors (Lipinski definition) is 0. The van der Waals surface area contributed by atoms with E-state index in [-0.39, 0.29) is 11.6 Å². The third-order valence-electron chi connectivity index (χ3n) is 3.42. The molecule has 0 saturated carbocycles.